The van der Waals surface area contributed by atoms with E-state index < -0.39 is 0 Å². The van der Waals surface area contributed by atoms with Crippen LogP contribution in [-0.2, 0) is 6.54 Å². The molecule has 0 N–H and O–H groups in total. The highest BCUT2D eigenvalue weighted by Gasteiger charge is 2.24. The van der Waals surface area contributed by atoms with Gasteiger partial charge in [0.25, 0.3) is 0 Å². The summed E-state index contributed by atoms with van der Waals surface area (Å²) in [5.41, 5.74) is 14.1. The van der Waals surface area contributed by atoms with Gasteiger partial charge in [-0.15, -0.1) is 0 Å². The molecule has 10 rings (SSSR count). The van der Waals surface area contributed by atoms with Gasteiger partial charge < -0.3 is 4.90 Å². The highest BCUT2D eigenvalue weighted by Crippen LogP contribution is 2.40. The Morgan fingerprint density at radius 3 is 1.65 bits per heavy atom. The van der Waals surface area contributed by atoms with Crippen molar-refractivity contribution < 1.29 is 0 Å². The lowest BCUT2D eigenvalue weighted by atomic mass is 9.94. The number of fused-ring (bicyclic) bond motifs is 6. The van der Waals surface area contributed by atoms with E-state index >= 15 is 0 Å². The van der Waals surface area contributed by atoms with Crippen LogP contribution < -0.4 is 0 Å². The molecule has 3 heterocycles. The largest absolute Gasteiger partial charge is 0.376 e. The highest BCUT2D eigenvalue weighted by molar-refractivity contribution is 6.11. The summed E-state index contributed by atoms with van der Waals surface area (Å²) in [5.74, 6) is 1.64. The minimum absolute atomic E-state index is 0.713. The molecule has 0 radical (unpaired) electrons. The van der Waals surface area contributed by atoms with Crippen LogP contribution in [0.5, 0.6) is 0 Å². The molecule has 5 heteroatoms. The van der Waals surface area contributed by atoms with Gasteiger partial charge in [0.1, 0.15) is 5.82 Å². The molecule has 0 saturated heterocycles. The molecule has 0 fully saturated rings. The first kappa shape index (κ1) is 31.6. The maximum atomic E-state index is 5.43. The van der Waals surface area contributed by atoms with Crippen LogP contribution in [-0.4, -0.2) is 31.5 Å². The summed E-state index contributed by atoms with van der Waals surface area (Å²) in [7, 11) is 2.13. The van der Waals surface area contributed by atoms with Gasteiger partial charge in [0.2, 0.25) is 0 Å². The standard InChI is InChI=1S/C49H35N5/c1-53-30-29-41-40-19-11-12-20-42(40)46-47(43(41)32-53)54(39-17-9-4-10-18-39)49(52-46)38-27-23-34(24-28-38)33-21-25-36(26-22-33)45-31-44(35-13-5-2-6-14-35)50-48(51-45)37-15-7-3-8-16-37/h2-31H,32H2,1H3. The summed E-state index contributed by atoms with van der Waals surface area (Å²) < 4.78 is 2.35. The van der Waals surface area contributed by atoms with Gasteiger partial charge in [-0.1, -0.05) is 152 Å². The first-order valence-corrected chi connectivity index (χ1v) is 18.3. The van der Waals surface area contributed by atoms with Gasteiger partial charge in [0, 0.05) is 52.5 Å². The predicted molar refractivity (Wildman–Crippen MR) is 222 cm³/mol. The van der Waals surface area contributed by atoms with Gasteiger partial charge in [-0.05, 0) is 52.6 Å². The SMILES string of the molecule is CN1C=Cc2c(c3c(nc(-c4ccc(-c5ccc(-c6cc(-c7ccccc7)nc(-c7ccccc7)n6)cc5)cc4)n3-c3ccccc3)c3ccccc23)C1. The molecular formula is C49H35N5. The van der Waals surface area contributed by atoms with Crippen molar-refractivity contribution in [1.29, 1.82) is 0 Å². The lowest BCUT2D eigenvalue weighted by molar-refractivity contribution is 0.449. The number of para-hydroxylation sites is 1. The number of hydrogen-bond donors (Lipinski definition) is 0. The molecule has 0 aliphatic carbocycles. The Morgan fingerprint density at radius 2 is 1.00 bits per heavy atom. The van der Waals surface area contributed by atoms with Crippen LogP contribution >= 0.6 is 0 Å². The second-order valence-corrected chi connectivity index (χ2v) is 13.8. The van der Waals surface area contributed by atoms with Crippen LogP contribution in [0, 0.1) is 0 Å². The first-order chi connectivity index (χ1) is 26.7. The minimum atomic E-state index is 0.713. The normalized spacial score (nSPS) is 12.4. The number of imidazole rings is 1. The minimum Gasteiger partial charge on any atom is -0.376 e. The van der Waals surface area contributed by atoms with Crippen LogP contribution in [0.15, 0.2) is 176 Å². The van der Waals surface area contributed by atoms with E-state index in [9.17, 15) is 0 Å². The molecule has 7 aromatic carbocycles. The molecular weight excluding hydrogens is 659 g/mol. The van der Waals surface area contributed by atoms with E-state index in [1.165, 1.54) is 21.9 Å². The van der Waals surface area contributed by atoms with E-state index in [0.29, 0.717) is 5.82 Å². The predicted octanol–water partition coefficient (Wildman–Crippen LogP) is 11.7. The zero-order valence-electron chi connectivity index (χ0n) is 29.8. The van der Waals surface area contributed by atoms with Crippen molar-refractivity contribution in [3.63, 3.8) is 0 Å². The lowest BCUT2D eigenvalue weighted by Crippen LogP contribution is -2.16. The quantitative estimate of drug-likeness (QED) is 0.174. The van der Waals surface area contributed by atoms with Crippen molar-refractivity contribution in [2.24, 2.45) is 0 Å². The lowest BCUT2D eigenvalue weighted by Gasteiger charge is -2.24. The molecule has 0 atom stereocenters. The smallest absolute Gasteiger partial charge is 0.160 e. The maximum Gasteiger partial charge on any atom is 0.160 e. The molecule has 0 amide bonds. The average molecular weight is 694 g/mol. The zero-order valence-corrected chi connectivity index (χ0v) is 29.8. The Labute approximate surface area is 314 Å². The third-order valence-corrected chi connectivity index (χ3v) is 10.4. The van der Waals surface area contributed by atoms with Gasteiger partial charge in [-0.2, -0.15) is 0 Å². The van der Waals surface area contributed by atoms with Gasteiger partial charge in [0.15, 0.2) is 5.82 Å². The molecule has 0 bridgehead atoms. The molecule has 1 aliphatic rings. The Hall–Kier alpha value is -7.11. The Kier molecular flexibility index (Phi) is 7.69. The second kappa shape index (κ2) is 13.1. The monoisotopic (exact) mass is 693 g/mol. The average Bonchev–Trinajstić information content (AvgIpc) is 3.66. The Balaban J connectivity index is 1.05. The number of rotatable bonds is 6. The molecule has 0 saturated carbocycles. The van der Waals surface area contributed by atoms with Crippen molar-refractivity contribution in [3.8, 4) is 62.1 Å². The second-order valence-electron chi connectivity index (χ2n) is 13.8. The summed E-state index contributed by atoms with van der Waals surface area (Å²) in [6, 6.07) is 59.3. The number of nitrogens with zero attached hydrogens (tertiary/aromatic N) is 5. The van der Waals surface area contributed by atoms with Crippen molar-refractivity contribution in [2.45, 2.75) is 6.54 Å². The number of hydrogen-bond acceptors (Lipinski definition) is 4. The fourth-order valence-electron chi connectivity index (χ4n) is 7.69. The Morgan fingerprint density at radius 1 is 0.481 bits per heavy atom. The molecule has 54 heavy (non-hydrogen) atoms. The maximum absolute atomic E-state index is 5.43. The van der Waals surface area contributed by atoms with Gasteiger partial charge in [-0.25, -0.2) is 15.0 Å². The van der Waals surface area contributed by atoms with Crippen molar-refractivity contribution >= 4 is 27.9 Å². The molecule has 1 aliphatic heterocycles. The number of benzene rings is 7. The summed E-state index contributed by atoms with van der Waals surface area (Å²) in [6.45, 7) is 0.816. The highest BCUT2D eigenvalue weighted by atomic mass is 15.1. The third-order valence-electron chi connectivity index (χ3n) is 10.4. The van der Waals surface area contributed by atoms with E-state index in [2.05, 4.69) is 162 Å². The van der Waals surface area contributed by atoms with E-state index in [1.54, 1.807) is 0 Å². The summed E-state index contributed by atoms with van der Waals surface area (Å²) in [6.07, 6.45) is 4.42. The molecule has 256 valence electrons. The van der Waals surface area contributed by atoms with Crippen molar-refractivity contribution in [3.05, 3.63) is 187 Å². The van der Waals surface area contributed by atoms with Crippen LogP contribution in [0.25, 0.3) is 90.0 Å². The van der Waals surface area contributed by atoms with Gasteiger partial charge in [-0.3, -0.25) is 4.57 Å². The topological polar surface area (TPSA) is 46.8 Å². The van der Waals surface area contributed by atoms with Gasteiger partial charge >= 0.3 is 0 Å². The van der Waals surface area contributed by atoms with E-state index in [0.717, 1.165) is 73.9 Å². The summed E-state index contributed by atoms with van der Waals surface area (Å²) in [5, 5.41) is 2.41. The summed E-state index contributed by atoms with van der Waals surface area (Å²) >= 11 is 0. The fourth-order valence-corrected chi connectivity index (χ4v) is 7.69. The molecule has 9 aromatic rings. The van der Waals surface area contributed by atoms with Crippen molar-refractivity contribution in [1.82, 2.24) is 24.4 Å². The van der Waals surface area contributed by atoms with Gasteiger partial charge in [0.05, 0.1) is 22.4 Å². The fraction of sp³-hybridized carbons (Fsp3) is 0.0408. The summed E-state index contributed by atoms with van der Waals surface area (Å²) in [4.78, 5) is 17.7. The van der Waals surface area contributed by atoms with E-state index in [-0.39, 0.29) is 0 Å². The Bertz CT molecular complexity index is 2770. The van der Waals surface area contributed by atoms with E-state index in [1.807, 2.05) is 36.4 Å². The molecule has 0 spiro atoms. The van der Waals surface area contributed by atoms with Crippen molar-refractivity contribution in [2.75, 3.05) is 7.05 Å². The van der Waals surface area contributed by atoms with Crippen LogP contribution in [0.3, 0.4) is 0 Å². The van der Waals surface area contributed by atoms with Crippen LogP contribution in [0.4, 0.5) is 0 Å². The molecule has 5 nitrogen and oxygen atoms in total. The van der Waals surface area contributed by atoms with Crippen LogP contribution in [0.2, 0.25) is 0 Å². The molecule has 0 unspecified atom stereocenters. The first-order valence-electron chi connectivity index (χ1n) is 18.3. The molecule has 2 aromatic heterocycles. The van der Waals surface area contributed by atoms with Crippen LogP contribution in [0.1, 0.15) is 11.1 Å². The van der Waals surface area contributed by atoms with E-state index in [4.69, 9.17) is 15.0 Å². The number of aromatic nitrogens is 4. The third kappa shape index (κ3) is 5.54. The zero-order chi connectivity index (χ0) is 36.0.